The largest absolute Gasteiger partial charge is 0.462 e. The standard InChI is InChI=1S/C10H10BrNO4/c1-2-14-10(13)7-8(12)5(11)3-6-9(7)16-4-15-6/h3H,2,4,12H2,1H3. The van der Waals surface area contributed by atoms with Gasteiger partial charge in [-0.1, -0.05) is 0 Å². The van der Waals surface area contributed by atoms with E-state index >= 15 is 0 Å². The van der Waals surface area contributed by atoms with E-state index in [9.17, 15) is 4.79 Å². The first-order valence-corrected chi connectivity index (χ1v) is 5.49. The Kier molecular flexibility index (Phi) is 2.91. The molecule has 1 aliphatic rings. The highest BCUT2D eigenvalue weighted by atomic mass is 79.9. The first-order valence-electron chi connectivity index (χ1n) is 4.69. The third-order valence-corrected chi connectivity index (χ3v) is 2.79. The van der Waals surface area contributed by atoms with Crippen LogP contribution in [0, 0.1) is 0 Å². The maximum atomic E-state index is 11.7. The maximum Gasteiger partial charge on any atom is 0.344 e. The Morgan fingerprint density at radius 1 is 1.62 bits per heavy atom. The van der Waals surface area contributed by atoms with Gasteiger partial charge in [-0.25, -0.2) is 4.79 Å². The van der Waals surface area contributed by atoms with Crippen LogP contribution >= 0.6 is 15.9 Å². The summed E-state index contributed by atoms with van der Waals surface area (Å²) in [6.45, 7) is 2.09. The average molecular weight is 288 g/mol. The number of benzene rings is 1. The molecule has 1 aromatic carbocycles. The lowest BCUT2D eigenvalue weighted by Gasteiger charge is -2.09. The molecule has 5 nitrogen and oxygen atoms in total. The van der Waals surface area contributed by atoms with E-state index in [0.717, 1.165) is 0 Å². The maximum absolute atomic E-state index is 11.7. The van der Waals surface area contributed by atoms with Crippen molar-refractivity contribution in [3.05, 3.63) is 16.1 Å². The quantitative estimate of drug-likeness (QED) is 0.665. The van der Waals surface area contributed by atoms with Crippen molar-refractivity contribution < 1.29 is 19.0 Å². The van der Waals surface area contributed by atoms with Gasteiger partial charge in [-0.2, -0.15) is 0 Å². The van der Waals surface area contributed by atoms with Gasteiger partial charge >= 0.3 is 5.97 Å². The monoisotopic (exact) mass is 287 g/mol. The van der Waals surface area contributed by atoms with Crippen molar-refractivity contribution in [3.63, 3.8) is 0 Å². The smallest absolute Gasteiger partial charge is 0.344 e. The highest BCUT2D eigenvalue weighted by molar-refractivity contribution is 9.10. The number of hydrogen-bond donors (Lipinski definition) is 1. The van der Waals surface area contributed by atoms with E-state index < -0.39 is 5.97 Å². The molecule has 0 aliphatic carbocycles. The predicted octanol–water partition coefficient (Wildman–Crippen LogP) is 1.94. The summed E-state index contributed by atoms with van der Waals surface area (Å²) in [7, 11) is 0. The fraction of sp³-hybridized carbons (Fsp3) is 0.300. The van der Waals surface area contributed by atoms with Gasteiger partial charge in [0.05, 0.1) is 12.3 Å². The Labute approximate surface area is 101 Å². The number of nitrogens with two attached hydrogens (primary N) is 1. The van der Waals surface area contributed by atoms with Gasteiger partial charge < -0.3 is 19.9 Å². The molecule has 6 heteroatoms. The van der Waals surface area contributed by atoms with E-state index in [1.807, 2.05) is 0 Å². The molecule has 0 spiro atoms. The van der Waals surface area contributed by atoms with E-state index in [1.165, 1.54) is 0 Å². The van der Waals surface area contributed by atoms with Crippen molar-refractivity contribution in [2.75, 3.05) is 19.1 Å². The van der Waals surface area contributed by atoms with Crippen LogP contribution in [0.25, 0.3) is 0 Å². The topological polar surface area (TPSA) is 70.8 Å². The van der Waals surface area contributed by atoms with Crippen molar-refractivity contribution in [2.24, 2.45) is 0 Å². The minimum atomic E-state index is -0.511. The summed E-state index contributed by atoms with van der Waals surface area (Å²) in [5.74, 6) is 0.325. The van der Waals surface area contributed by atoms with Crippen LogP contribution in [0.2, 0.25) is 0 Å². The second-order valence-electron chi connectivity index (χ2n) is 3.10. The zero-order valence-corrected chi connectivity index (χ0v) is 10.2. The molecule has 16 heavy (non-hydrogen) atoms. The van der Waals surface area contributed by atoms with Crippen molar-refractivity contribution in [1.82, 2.24) is 0 Å². The molecular weight excluding hydrogens is 278 g/mol. The Hall–Kier alpha value is -1.43. The molecule has 0 aromatic heterocycles. The molecule has 0 saturated heterocycles. The molecular formula is C10H10BrNO4. The van der Waals surface area contributed by atoms with Crippen molar-refractivity contribution in [2.45, 2.75) is 6.92 Å². The number of fused-ring (bicyclic) bond motifs is 1. The zero-order chi connectivity index (χ0) is 11.7. The van der Waals surface area contributed by atoms with E-state index in [-0.39, 0.29) is 19.0 Å². The van der Waals surface area contributed by atoms with Crippen LogP contribution < -0.4 is 15.2 Å². The minimum absolute atomic E-state index is 0.0810. The Morgan fingerprint density at radius 3 is 3.06 bits per heavy atom. The molecule has 1 heterocycles. The second-order valence-corrected chi connectivity index (χ2v) is 3.96. The summed E-state index contributed by atoms with van der Waals surface area (Å²) < 4.78 is 15.9. The van der Waals surface area contributed by atoms with E-state index in [2.05, 4.69) is 15.9 Å². The number of ether oxygens (including phenoxy) is 3. The van der Waals surface area contributed by atoms with Crippen LogP contribution in [0.3, 0.4) is 0 Å². The minimum Gasteiger partial charge on any atom is -0.462 e. The Balaban J connectivity index is 2.54. The van der Waals surface area contributed by atoms with E-state index in [4.69, 9.17) is 19.9 Å². The van der Waals surface area contributed by atoms with Gasteiger partial charge in [0.2, 0.25) is 6.79 Å². The molecule has 0 radical (unpaired) electrons. The number of carbonyl (C=O) groups is 1. The molecule has 0 atom stereocenters. The first kappa shape index (κ1) is 11.1. The molecule has 86 valence electrons. The molecule has 0 fully saturated rings. The number of carbonyl (C=O) groups excluding carboxylic acids is 1. The molecule has 2 N–H and O–H groups in total. The lowest BCUT2D eigenvalue weighted by molar-refractivity contribution is 0.0523. The molecule has 1 aromatic rings. The highest BCUT2D eigenvalue weighted by Gasteiger charge is 2.27. The van der Waals surface area contributed by atoms with Gasteiger partial charge in [0.15, 0.2) is 11.5 Å². The lowest BCUT2D eigenvalue weighted by atomic mass is 10.1. The average Bonchev–Trinajstić information content (AvgIpc) is 2.67. The predicted molar refractivity (Wildman–Crippen MR) is 60.6 cm³/mol. The summed E-state index contributed by atoms with van der Waals surface area (Å²) in [6.07, 6.45) is 0. The van der Waals surface area contributed by atoms with Crippen LogP contribution in [0.1, 0.15) is 17.3 Å². The lowest BCUT2D eigenvalue weighted by Crippen LogP contribution is -2.09. The van der Waals surface area contributed by atoms with Gasteiger partial charge in [-0.3, -0.25) is 0 Å². The number of anilines is 1. The fourth-order valence-corrected chi connectivity index (χ4v) is 1.84. The highest BCUT2D eigenvalue weighted by Crippen LogP contribution is 2.43. The number of halogens is 1. The SMILES string of the molecule is CCOC(=O)c1c(N)c(Br)cc2c1OCO2. The van der Waals surface area contributed by atoms with Crippen LogP contribution in [0.5, 0.6) is 11.5 Å². The molecule has 2 rings (SSSR count). The number of nitrogen functional groups attached to an aromatic ring is 1. The van der Waals surface area contributed by atoms with Crippen LogP contribution in [0.4, 0.5) is 5.69 Å². The molecule has 0 amide bonds. The van der Waals surface area contributed by atoms with Gasteiger partial charge in [-0.15, -0.1) is 0 Å². The fourth-order valence-electron chi connectivity index (χ4n) is 1.43. The van der Waals surface area contributed by atoms with Crippen LogP contribution in [0.15, 0.2) is 10.5 Å². The van der Waals surface area contributed by atoms with Gasteiger partial charge in [-0.05, 0) is 22.9 Å². The third-order valence-electron chi connectivity index (χ3n) is 2.13. The molecule has 0 bridgehead atoms. The summed E-state index contributed by atoms with van der Waals surface area (Å²) in [5, 5.41) is 0. The third kappa shape index (κ3) is 1.69. The Morgan fingerprint density at radius 2 is 2.38 bits per heavy atom. The number of rotatable bonds is 2. The normalized spacial score (nSPS) is 12.6. The number of hydrogen-bond acceptors (Lipinski definition) is 5. The van der Waals surface area contributed by atoms with Crippen molar-refractivity contribution in [1.29, 1.82) is 0 Å². The number of esters is 1. The van der Waals surface area contributed by atoms with Crippen LogP contribution in [-0.4, -0.2) is 19.4 Å². The van der Waals surface area contributed by atoms with Gasteiger partial charge in [0.1, 0.15) is 5.56 Å². The summed E-state index contributed by atoms with van der Waals surface area (Å²) in [5.41, 5.74) is 6.31. The molecule has 0 saturated carbocycles. The van der Waals surface area contributed by atoms with Gasteiger partial charge in [0.25, 0.3) is 0 Å². The summed E-state index contributed by atoms with van der Waals surface area (Å²) in [6, 6.07) is 1.67. The molecule has 0 unspecified atom stereocenters. The second kappa shape index (κ2) is 4.21. The molecule has 1 aliphatic heterocycles. The zero-order valence-electron chi connectivity index (χ0n) is 8.58. The first-order chi connectivity index (χ1) is 7.65. The van der Waals surface area contributed by atoms with E-state index in [0.29, 0.717) is 21.7 Å². The summed E-state index contributed by atoms with van der Waals surface area (Å²) >= 11 is 3.25. The van der Waals surface area contributed by atoms with E-state index in [1.54, 1.807) is 13.0 Å². The van der Waals surface area contributed by atoms with Crippen LogP contribution in [-0.2, 0) is 4.74 Å². The van der Waals surface area contributed by atoms with Crippen molar-refractivity contribution >= 4 is 27.6 Å². The van der Waals surface area contributed by atoms with Crippen molar-refractivity contribution in [3.8, 4) is 11.5 Å². The Bertz CT molecular complexity index is 447. The van der Waals surface area contributed by atoms with Gasteiger partial charge in [0, 0.05) is 10.5 Å². The summed E-state index contributed by atoms with van der Waals surface area (Å²) in [4.78, 5) is 11.7.